The molecule has 12 atom stereocenters. The van der Waals surface area contributed by atoms with Crippen LogP contribution in [-0.4, -0.2) is 225 Å². The molecule has 0 aliphatic carbocycles. The van der Waals surface area contributed by atoms with Crippen LogP contribution < -0.4 is 96.8 Å². The van der Waals surface area contributed by atoms with Gasteiger partial charge in [-0.05, 0) is 165 Å². The van der Waals surface area contributed by atoms with Gasteiger partial charge in [0.05, 0.1) is 18.9 Å². The summed E-state index contributed by atoms with van der Waals surface area (Å²) < 4.78 is 2.61. The van der Waals surface area contributed by atoms with Crippen LogP contribution in [0.2, 0.25) is 0 Å². The summed E-state index contributed by atoms with van der Waals surface area (Å²) >= 11 is 0. The second-order valence-electron chi connectivity index (χ2n) is 33.4. The average Bonchev–Trinajstić information content (AvgIpc) is 1.27. The minimum absolute atomic E-state index is 0.0753. The van der Waals surface area contributed by atoms with Crippen LogP contribution in [-0.2, 0) is 101 Å². The lowest BCUT2D eigenvalue weighted by Crippen LogP contribution is -2.65. The predicted molar refractivity (Wildman–Crippen MR) is 481 cm³/mol. The molecule has 37 nitrogen and oxygen atoms in total. The average molecular weight is 1800 g/mol. The van der Waals surface area contributed by atoms with E-state index in [1.165, 1.54) is 41.5 Å². The van der Waals surface area contributed by atoms with E-state index in [1.807, 2.05) is 31.2 Å². The number of nitrogens with one attached hydrogen (secondary N) is 14. The van der Waals surface area contributed by atoms with Gasteiger partial charge in [-0.3, -0.25) is 76.7 Å². The maximum absolute atomic E-state index is 16.3. The quantitative estimate of drug-likeness (QED) is 0.0190. The predicted octanol–water partition coefficient (Wildman–Crippen LogP) is 0.892. The Morgan fingerprint density at radius 3 is 1.83 bits per heavy atom. The van der Waals surface area contributed by atoms with E-state index in [0.717, 1.165) is 51.8 Å². The lowest BCUT2D eigenvalue weighted by molar-refractivity contribution is -0.138. The second kappa shape index (κ2) is 50.1. The first kappa shape index (κ1) is 104. The van der Waals surface area contributed by atoms with E-state index >= 15 is 28.8 Å². The largest absolute Gasteiger partial charge is 0.492 e. The number of para-hydroxylation sites is 1. The summed E-state index contributed by atoms with van der Waals surface area (Å²) in [5.74, 6) is -14.3. The number of benzene rings is 4. The number of aromatic amines is 1. The molecule has 127 heavy (non-hydrogen) atoms. The number of H-pyrrole nitrogens is 1. The van der Waals surface area contributed by atoms with Crippen LogP contribution in [0.3, 0.4) is 0 Å². The first-order valence-corrected chi connectivity index (χ1v) is 44.7. The Bertz CT molecular complexity index is 4740. The number of amides is 15. The molecule has 1 fully saturated rings. The zero-order valence-corrected chi connectivity index (χ0v) is 75.6. The molecule has 0 saturated carbocycles. The maximum atomic E-state index is 16.3. The fourth-order valence-electron chi connectivity index (χ4n) is 14.2. The van der Waals surface area contributed by atoms with Crippen molar-refractivity contribution in [1.82, 2.24) is 74.1 Å². The van der Waals surface area contributed by atoms with Crippen molar-refractivity contribution in [1.29, 1.82) is 0 Å². The highest BCUT2D eigenvalue weighted by atomic mass is 33.1. The Morgan fingerprint density at radius 1 is 0.567 bits per heavy atom. The van der Waals surface area contributed by atoms with Crippen LogP contribution in [0.15, 0.2) is 91.1 Å². The summed E-state index contributed by atoms with van der Waals surface area (Å²) in [6, 6.07) is 7.44. The number of nitrogens with two attached hydrogens (primary N) is 4. The molecule has 1 aromatic heterocycles. The van der Waals surface area contributed by atoms with E-state index in [4.69, 9.17) is 27.7 Å². The number of aliphatic hydroxyl groups excluding tert-OH is 1. The Balaban J connectivity index is 1.54. The number of aryl methyl sites for hydroxylation is 1. The number of Topliss-reactive ketones (excluding diaryl/α,β-unsaturated/α-hetero) is 2. The number of rotatable bonds is 44. The summed E-state index contributed by atoms with van der Waals surface area (Å²) in [6.45, 7) is 16.1. The number of carbonyl (C=O) groups is 17. The van der Waals surface area contributed by atoms with Crippen molar-refractivity contribution in [2.24, 2.45) is 22.9 Å². The minimum atomic E-state index is -1.99. The lowest BCUT2D eigenvalue weighted by Gasteiger charge is -2.39. The van der Waals surface area contributed by atoms with Gasteiger partial charge in [-0.25, -0.2) is 0 Å². The van der Waals surface area contributed by atoms with Crippen molar-refractivity contribution in [3.8, 4) is 5.75 Å². The SMILES string of the molecule is CC(=O)CCCCC[C@@H]1NC(=O)[C@H](Cc2c[nH]c3c(C)cccc23)NC(=O)[C@H]([C@@H](C)O)NC(=O)[C@H](CC(N)=O)NC(=O)[C@@H](NC(C)=O)C(C)(C)SSC(C)(C)[C@@H](C(=O)N[C@@H](Cc2ccc(OCCN)cc2)C(=O)N[C@@H](Cc2ccc3ccccc3c2)C(=O)N[C@@](C)(CCCCN)C(=O)N[C@@H](CCCCNC(C)=O)C(=O)N[C@@H](CC(N)=O)C(=O)NCCC(C)=O)NC1=O. The molecule has 15 amide bonds. The van der Waals surface area contributed by atoms with Gasteiger partial charge in [-0.15, -0.1) is 0 Å². The molecular weight excluding hydrogens is 1680 g/mol. The molecule has 1 saturated heterocycles. The maximum Gasteiger partial charge on any atom is 0.246 e. The molecule has 23 N–H and O–H groups in total. The number of hydrogen-bond donors (Lipinski definition) is 19. The number of fused-ring (bicyclic) bond motifs is 2. The summed E-state index contributed by atoms with van der Waals surface area (Å²) in [5, 5.41) is 48.4. The zero-order chi connectivity index (χ0) is 94.0. The molecule has 39 heteroatoms. The molecule has 0 unspecified atom stereocenters. The number of aliphatic hydroxyl groups is 1. The Labute approximate surface area is 746 Å². The van der Waals surface area contributed by atoms with E-state index in [1.54, 1.807) is 80.7 Å². The van der Waals surface area contributed by atoms with Gasteiger partial charge in [-0.2, -0.15) is 0 Å². The third-order valence-corrected chi connectivity index (χ3v) is 25.6. The van der Waals surface area contributed by atoms with Crippen LogP contribution in [0.25, 0.3) is 21.7 Å². The number of aromatic nitrogens is 1. The van der Waals surface area contributed by atoms with Crippen molar-refractivity contribution in [2.45, 2.75) is 267 Å². The van der Waals surface area contributed by atoms with E-state index in [0.29, 0.717) is 59.0 Å². The van der Waals surface area contributed by atoms with Gasteiger partial charge in [0.15, 0.2) is 0 Å². The van der Waals surface area contributed by atoms with E-state index in [-0.39, 0.29) is 121 Å². The number of carbonyl (C=O) groups excluding carboxylic acids is 17. The summed E-state index contributed by atoms with van der Waals surface area (Å²) in [6.07, 6.45) is -1.14. The van der Waals surface area contributed by atoms with E-state index in [9.17, 15) is 57.8 Å². The van der Waals surface area contributed by atoms with Gasteiger partial charge in [0, 0.05) is 92.2 Å². The fourth-order valence-corrected chi connectivity index (χ4v) is 17.1. The highest BCUT2D eigenvalue weighted by molar-refractivity contribution is 8.77. The van der Waals surface area contributed by atoms with Crippen molar-refractivity contribution in [2.75, 3.05) is 32.8 Å². The van der Waals surface area contributed by atoms with Gasteiger partial charge >= 0.3 is 0 Å². The fraction of sp³-hybridized carbons (Fsp3) is 0.534. The van der Waals surface area contributed by atoms with Crippen molar-refractivity contribution < 1.29 is 91.4 Å². The molecular formula is C88H126N18O19S2. The Kier molecular flexibility index (Phi) is 41.1. The summed E-state index contributed by atoms with van der Waals surface area (Å²) in [4.78, 5) is 245. The first-order chi connectivity index (χ1) is 59.9. The second-order valence-corrected chi connectivity index (χ2v) is 36.8. The molecule has 0 bridgehead atoms. The normalized spacial score (nSPS) is 19.2. The van der Waals surface area contributed by atoms with Crippen molar-refractivity contribution in [3.05, 3.63) is 113 Å². The molecule has 1 aliphatic heterocycles. The molecule has 0 spiro atoms. The van der Waals surface area contributed by atoms with E-state index in [2.05, 4.69) is 74.1 Å². The van der Waals surface area contributed by atoms with Crippen LogP contribution in [0.1, 0.15) is 181 Å². The number of ketones is 2. The van der Waals surface area contributed by atoms with Crippen LogP contribution in [0.4, 0.5) is 0 Å². The molecule has 6 rings (SSSR count). The Hall–Kier alpha value is -11.5. The van der Waals surface area contributed by atoms with Gasteiger partial charge < -0.3 is 112 Å². The number of primary amides is 2. The Morgan fingerprint density at radius 2 is 1.19 bits per heavy atom. The molecule has 694 valence electrons. The molecule has 2 heterocycles. The number of hydrogen-bond acceptors (Lipinski definition) is 23. The monoisotopic (exact) mass is 1800 g/mol. The standard InChI is InChI=1S/C88H126N18O19S2/c1-49-22-21-26-61-59(48-95-71(49)61)45-66-79(118)97-62(27-14-12-13-23-50(2)107)77(116)105-74(87(9,10)127-126-86(7,8)73(96-54(6)111)83(122)102-68(47-70(92)113)80(119)104-72(52(4)109)82(121)100-66)84(123)101-64(43-55-30-33-60(34-31-55)125-41-38-90)78(117)98-65(44-56-29-32-57-24-15-16-25-58(57)42-56)81(120)106-88(11,36-18-19-37-89)85(124)103-63(28-17-20-39-93-53(5)110)76(115)99-67(46-69(91)112)75(114)94-40-35-51(3)108/h15-16,21-22,24-26,29-34,42,48,52,62-68,72-74,95,109H,12-14,17-20,23,27-28,35-41,43-47,89-90H2,1-11H3,(H2,91,112)(H2,92,113)(H,93,110)(H,94,114)(H,96,111)(H,97,118)(H,98,117)(H,99,115)(H,100,121)(H,101,123)(H,102,122)(H,103,124)(H,104,119)(H,105,116)(H,106,120)/t52-,62+,63+,64+,65+,66+,67+,68+,72+,73-,74-,88+/m1/s1. The highest BCUT2D eigenvalue weighted by Crippen LogP contribution is 2.47. The molecule has 1 aliphatic rings. The first-order valence-electron chi connectivity index (χ1n) is 42.6. The van der Waals surface area contributed by atoms with Crippen molar-refractivity contribution in [3.63, 3.8) is 0 Å². The smallest absolute Gasteiger partial charge is 0.246 e. The number of ether oxygens (including phenoxy) is 1. The third-order valence-electron chi connectivity index (χ3n) is 21.4. The van der Waals surface area contributed by atoms with Crippen molar-refractivity contribution >= 4 is 143 Å². The summed E-state index contributed by atoms with van der Waals surface area (Å²) in [7, 11) is 1.84. The van der Waals surface area contributed by atoms with Crippen LogP contribution in [0.5, 0.6) is 5.75 Å². The van der Waals surface area contributed by atoms with Crippen LogP contribution in [0, 0.1) is 6.92 Å². The van der Waals surface area contributed by atoms with Crippen LogP contribution >= 0.6 is 21.6 Å². The van der Waals surface area contributed by atoms with Gasteiger partial charge in [0.1, 0.15) is 89.9 Å². The van der Waals surface area contributed by atoms with E-state index < -0.39 is 177 Å². The summed E-state index contributed by atoms with van der Waals surface area (Å²) in [5.41, 5.74) is 23.9. The van der Waals surface area contributed by atoms with Gasteiger partial charge in [0.2, 0.25) is 88.6 Å². The van der Waals surface area contributed by atoms with Gasteiger partial charge in [-0.1, -0.05) is 107 Å². The lowest BCUT2D eigenvalue weighted by atomic mass is 9.91. The molecule has 0 radical (unpaired) electrons. The molecule has 5 aromatic rings. The zero-order valence-electron chi connectivity index (χ0n) is 74.0. The highest BCUT2D eigenvalue weighted by Gasteiger charge is 2.47. The minimum Gasteiger partial charge on any atom is -0.492 e. The number of unbranched alkanes of at least 4 members (excludes halogenated alkanes) is 4. The third kappa shape index (κ3) is 33.6. The van der Waals surface area contributed by atoms with Gasteiger partial charge in [0.25, 0.3) is 0 Å². The topological polar surface area (TPSA) is 596 Å². The molecule has 4 aromatic carbocycles.